The minimum Gasteiger partial charge on any atom is -0.326 e. The Morgan fingerprint density at radius 1 is 1.18 bits per heavy atom. The summed E-state index contributed by atoms with van der Waals surface area (Å²) in [4.78, 5) is 18.9. The van der Waals surface area contributed by atoms with Gasteiger partial charge in [0.2, 0.25) is 11.7 Å². The molecule has 0 atom stereocenters. The van der Waals surface area contributed by atoms with E-state index in [1.807, 2.05) is 35.2 Å². The van der Waals surface area contributed by atoms with E-state index in [0.29, 0.717) is 43.5 Å². The minimum absolute atomic E-state index is 0.0155. The second kappa shape index (κ2) is 7.98. The Morgan fingerprint density at radius 2 is 1.93 bits per heavy atom. The van der Waals surface area contributed by atoms with Crippen molar-refractivity contribution in [1.29, 1.82) is 0 Å². The van der Waals surface area contributed by atoms with Crippen LogP contribution in [-0.4, -0.2) is 29.1 Å². The fraction of sp³-hybridized carbons (Fsp3) is 0.250. The molecule has 2 aromatic carbocycles. The van der Waals surface area contributed by atoms with Gasteiger partial charge in [-0.2, -0.15) is 4.98 Å². The molecule has 0 unspecified atom stereocenters. The number of aromatic nitrogens is 2. The van der Waals surface area contributed by atoms with E-state index in [-0.39, 0.29) is 16.8 Å². The van der Waals surface area contributed by atoms with Crippen molar-refractivity contribution in [1.82, 2.24) is 10.1 Å². The zero-order valence-corrected chi connectivity index (χ0v) is 15.7. The van der Waals surface area contributed by atoms with E-state index >= 15 is 0 Å². The first kappa shape index (κ1) is 18.4. The zero-order valence-electron chi connectivity index (χ0n) is 14.9. The second-order valence-corrected chi connectivity index (χ2v) is 7.05. The molecule has 1 fully saturated rings. The van der Waals surface area contributed by atoms with Gasteiger partial charge in [-0.05, 0) is 31.0 Å². The molecule has 1 amide bonds. The van der Waals surface area contributed by atoms with Gasteiger partial charge in [0.1, 0.15) is 5.82 Å². The Morgan fingerprint density at radius 3 is 2.64 bits per heavy atom. The van der Waals surface area contributed by atoms with Crippen LogP contribution in [0.4, 0.5) is 16.1 Å². The minimum atomic E-state index is -0.512. The van der Waals surface area contributed by atoms with Gasteiger partial charge >= 0.3 is 6.01 Å². The van der Waals surface area contributed by atoms with Gasteiger partial charge in [0.15, 0.2) is 0 Å². The molecule has 1 aliphatic heterocycles. The molecule has 1 aromatic heterocycles. The number of hydrogen-bond donors (Lipinski definition) is 1. The second-order valence-electron chi connectivity index (χ2n) is 6.65. The maximum atomic E-state index is 13.2. The number of hydrogen-bond acceptors (Lipinski definition) is 5. The summed E-state index contributed by atoms with van der Waals surface area (Å²) in [5.41, 5.74) is 1.38. The van der Waals surface area contributed by atoms with E-state index in [9.17, 15) is 9.18 Å². The molecule has 0 bridgehead atoms. The van der Waals surface area contributed by atoms with Crippen molar-refractivity contribution in [2.45, 2.75) is 12.8 Å². The van der Waals surface area contributed by atoms with Gasteiger partial charge in [-0.1, -0.05) is 47.1 Å². The summed E-state index contributed by atoms with van der Waals surface area (Å²) in [5, 5.41) is 6.82. The Bertz CT molecular complexity index is 971. The van der Waals surface area contributed by atoms with E-state index in [4.69, 9.17) is 16.1 Å². The van der Waals surface area contributed by atoms with Crippen LogP contribution in [0.1, 0.15) is 12.8 Å². The number of benzene rings is 2. The van der Waals surface area contributed by atoms with Crippen molar-refractivity contribution in [3.05, 3.63) is 59.4 Å². The third-order valence-electron chi connectivity index (χ3n) is 4.77. The van der Waals surface area contributed by atoms with Crippen LogP contribution in [-0.2, 0) is 4.79 Å². The molecule has 0 spiro atoms. The lowest BCUT2D eigenvalue weighted by Crippen LogP contribution is -2.38. The highest BCUT2D eigenvalue weighted by Gasteiger charge is 2.27. The fourth-order valence-corrected chi connectivity index (χ4v) is 3.38. The summed E-state index contributed by atoms with van der Waals surface area (Å²) in [6.07, 6.45) is 1.31. The number of nitrogens with zero attached hydrogens (tertiary/aromatic N) is 3. The Kier molecular flexibility index (Phi) is 5.25. The van der Waals surface area contributed by atoms with Crippen molar-refractivity contribution in [2.75, 3.05) is 23.3 Å². The average molecular weight is 401 g/mol. The van der Waals surface area contributed by atoms with Crippen molar-refractivity contribution in [2.24, 2.45) is 5.92 Å². The normalized spacial score (nSPS) is 14.9. The van der Waals surface area contributed by atoms with Crippen LogP contribution in [0.3, 0.4) is 0 Å². The molecule has 8 heteroatoms. The fourth-order valence-electron chi connectivity index (χ4n) is 3.20. The summed E-state index contributed by atoms with van der Waals surface area (Å²) in [6.45, 7) is 1.28. The van der Waals surface area contributed by atoms with Gasteiger partial charge in [-0.25, -0.2) is 4.39 Å². The number of nitrogens with one attached hydrogen (secondary N) is 1. The van der Waals surface area contributed by atoms with Gasteiger partial charge in [-0.15, -0.1) is 0 Å². The van der Waals surface area contributed by atoms with Gasteiger partial charge in [-0.3, -0.25) is 4.79 Å². The molecule has 0 saturated carbocycles. The molecule has 3 aromatic rings. The molecule has 1 N–H and O–H groups in total. The van der Waals surface area contributed by atoms with Crippen LogP contribution in [0.25, 0.3) is 11.4 Å². The third-order valence-corrected chi connectivity index (χ3v) is 5.06. The quantitative estimate of drug-likeness (QED) is 0.703. The highest BCUT2D eigenvalue weighted by atomic mass is 35.5. The van der Waals surface area contributed by atoms with Gasteiger partial charge in [0.05, 0.1) is 5.02 Å². The van der Waals surface area contributed by atoms with E-state index in [0.717, 1.165) is 5.56 Å². The zero-order chi connectivity index (χ0) is 19.5. The smallest absolute Gasteiger partial charge is 0.324 e. The molecule has 0 aliphatic carbocycles. The third kappa shape index (κ3) is 3.99. The SMILES string of the molecule is O=C(Nc1ccc(F)c(Cl)c1)C1CCN(c2nc(-c3ccccc3)no2)CC1. The summed E-state index contributed by atoms with van der Waals surface area (Å²) < 4.78 is 18.6. The molecule has 4 rings (SSSR count). The van der Waals surface area contributed by atoms with E-state index in [2.05, 4.69) is 15.5 Å². The van der Waals surface area contributed by atoms with Crippen molar-refractivity contribution < 1.29 is 13.7 Å². The van der Waals surface area contributed by atoms with Crippen LogP contribution in [0.5, 0.6) is 0 Å². The molecule has 1 saturated heterocycles. The topological polar surface area (TPSA) is 71.3 Å². The lowest BCUT2D eigenvalue weighted by Gasteiger charge is -2.29. The molecule has 6 nitrogen and oxygen atoms in total. The highest BCUT2D eigenvalue weighted by molar-refractivity contribution is 6.31. The standard InChI is InChI=1S/C20H18ClFN4O2/c21-16-12-15(6-7-17(16)22)23-19(27)14-8-10-26(11-9-14)20-24-18(25-28-20)13-4-2-1-3-5-13/h1-7,12,14H,8-11H2,(H,23,27). The number of piperidine rings is 1. The van der Waals surface area contributed by atoms with Crippen LogP contribution in [0, 0.1) is 11.7 Å². The number of anilines is 2. The number of carbonyl (C=O) groups excluding carboxylic acids is 1. The van der Waals surface area contributed by atoms with Gasteiger partial charge < -0.3 is 14.7 Å². The molecular weight excluding hydrogens is 383 g/mol. The van der Waals surface area contributed by atoms with Crippen LogP contribution in [0.15, 0.2) is 53.1 Å². The van der Waals surface area contributed by atoms with Gasteiger partial charge in [0.25, 0.3) is 0 Å². The van der Waals surface area contributed by atoms with E-state index in [1.54, 1.807) is 0 Å². The Hall–Kier alpha value is -2.93. The molecule has 2 heterocycles. The molecular formula is C20H18ClFN4O2. The Labute approximate surface area is 166 Å². The summed E-state index contributed by atoms with van der Waals surface area (Å²) in [7, 11) is 0. The number of rotatable bonds is 4. The van der Waals surface area contributed by atoms with Gasteiger partial charge in [0, 0.05) is 30.3 Å². The van der Waals surface area contributed by atoms with Crippen LogP contribution in [0.2, 0.25) is 5.02 Å². The average Bonchev–Trinajstić information content (AvgIpc) is 3.22. The first-order valence-electron chi connectivity index (χ1n) is 9.00. The summed E-state index contributed by atoms with van der Waals surface area (Å²) in [6, 6.07) is 14.2. The lowest BCUT2D eigenvalue weighted by atomic mass is 9.96. The number of halogens is 2. The van der Waals surface area contributed by atoms with Crippen molar-refractivity contribution in [3.8, 4) is 11.4 Å². The first-order valence-corrected chi connectivity index (χ1v) is 9.38. The predicted molar refractivity (Wildman–Crippen MR) is 105 cm³/mol. The van der Waals surface area contributed by atoms with Crippen LogP contribution < -0.4 is 10.2 Å². The maximum absolute atomic E-state index is 13.2. The van der Waals surface area contributed by atoms with Crippen molar-refractivity contribution in [3.63, 3.8) is 0 Å². The largest absolute Gasteiger partial charge is 0.326 e. The molecule has 144 valence electrons. The summed E-state index contributed by atoms with van der Waals surface area (Å²) in [5.74, 6) is -0.208. The first-order chi connectivity index (χ1) is 13.6. The molecule has 1 aliphatic rings. The van der Waals surface area contributed by atoms with E-state index < -0.39 is 5.82 Å². The predicted octanol–water partition coefficient (Wildman–Crippen LogP) is 4.38. The maximum Gasteiger partial charge on any atom is 0.324 e. The highest BCUT2D eigenvalue weighted by Crippen LogP contribution is 2.26. The van der Waals surface area contributed by atoms with E-state index in [1.165, 1.54) is 18.2 Å². The lowest BCUT2D eigenvalue weighted by molar-refractivity contribution is -0.120. The number of amides is 1. The molecule has 28 heavy (non-hydrogen) atoms. The molecule has 0 radical (unpaired) electrons. The Balaban J connectivity index is 1.35. The van der Waals surface area contributed by atoms with Crippen molar-refractivity contribution >= 4 is 29.2 Å². The monoisotopic (exact) mass is 400 g/mol. The summed E-state index contributed by atoms with van der Waals surface area (Å²) >= 11 is 5.76. The number of carbonyl (C=O) groups is 1. The van der Waals surface area contributed by atoms with Crippen LogP contribution >= 0.6 is 11.6 Å².